The van der Waals surface area contributed by atoms with Gasteiger partial charge in [-0.1, -0.05) is 17.7 Å². The van der Waals surface area contributed by atoms with Crippen LogP contribution in [0.2, 0.25) is 0 Å². The Morgan fingerprint density at radius 1 is 1.25 bits per heavy atom. The number of carbonyl (C=O) groups excluding carboxylic acids is 1. The third-order valence-corrected chi connectivity index (χ3v) is 6.75. The van der Waals surface area contributed by atoms with Crippen LogP contribution in [-0.4, -0.2) is 64.0 Å². The first-order valence-electron chi connectivity index (χ1n) is 9.39. The summed E-state index contributed by atoms with van der Waals surface area (Å²) in [6.07, 6.45) is 1.27. The van der Waals surface area contributed by atoms with Crippen molar-refractivity contribution >= 4 is 33.3 Å². The summed E-state index contributed by atoms with van der Waals surface area (Å²) in [6, 6.07) is 6.76. The molecule has 0 bridgehead atoms. The van der Waals surface area contributed by atoms with Crippen LogP contribution in [0.25, 0.3) is 0 Å². The molecule has 2 rings (SSSR count). The highest BCUT2D eigenvalue weighted by Crippen LogP contribution is 2.24. The lowest BCUT2D eigenvalue weighted by Crippen LogP contribution is -3.06. The fourth-order valence-electron chi connectivity index (χ4n) is 2.92. The van der Waals surface area contributed by atoms with Crippen LogP contribution in [0, 0.1) is 12.8 Å². The van der Waals surface area contributed by atoms with Gasteiger partial charge in [0, 0.05) is 13.1 Å². The highest BCUT2D eigenvalue weighted by Gasteiger charge is 2.33. The Morgan fingerprint density at radius 2 is 1.93 bits per heavy atom. The summed E-state index contributed by atoms with van der Waals surface area (Å²) in [4.78, 5) is 14.0. The number of hydrazine groups is 1. The molecule has 1 amide bonds. The molecule has 1 aromatic carbocycles. The van der Waals surface area contributed by atoms with Crippen LogP contribution in [0.1, 0.15) is 18.4 Å². The van der Waals surface area contributed by atoms with Gasteiger partial charge in [0.1, 0.15) is 0 Å². The Bertz CT molecular complexity index is 781. The zero-order valence-electron chi connectivity index (χ0n) is 16.6. The van der Waals surface area contributed by atoms with Crippen molar-refractivity contribution in [2.45, 2.75) is 24.7 Å². The fraction of sp³-hybridized carbons (Fsp3) is 0.556. The van der Waals surface area contributed by atoms with E-state index in [0.29, 0.717) is 31.0 Å². The van der Waals surface area contributed by atoms with E-state index in [1.54, 1.807) is 24.3 Å². The van der Waals surface area contributed by atoms with E-state index in [0.717, 1.165) is 12.1 Å². The zero-order valence-corrected chi connectivity index (χ0v) is 18.3. The van der Waals surface area contributed by atoms with Crippen LogP contribution in [0.15, 0.2) is 29.2 Å². The minimum absolute atomic E-state index is 0.161. The predicted molar refractivity (Wildman–Crippen MR) is 112 cm³/mol. The topological polar surface area (TPSA) is 95.0 Å². The number of nitrogens with zero attached hydrogens (tertiary/aromatic N) is 1. The van der Waals surface area contributed by atoms with Gasteiger partial charge >= 0.3 is 0 Å². The maximum atomic E-state index is 12.9. The zero-order chi connectivity index (χ0) is 20.7. The van der Waals surface area contributed by atoms with Crippen molar-refractivity contribution in [1.82, 2.24) is 20.5 Å². The Hall–Kier alpha value is -1.75. The monoisotopic (exact) mass is 428 g/mol. The number of sulfonamides is 1. The molecule has 0 unspecified atom stereocenters. The number of carbonyl (C=O) groups is 1. The van der Waals surface area contributed by atoms with Crippen LogP contribution in [0.4, 0.5) is 0 Å². The molecule has 0 spiro atoms. The molecule has 0 radical (unpaired) electrons. The van der Waals surface area contributed by atoms with Gasteiger partial charge in [-0.25, -0.2) is 8.42 Å². The third-order valence-electron chi connectivity index (χ3n) is 4.62. The first-order chi connectivity index (χ1) is 13.2. The number of piperidine rings is 1. The second-order valence-corrected chi connectivity index (χ2v) is 9.69. The molecule has 1 heterocycles. The SMILES string of the molecule is Cc1ccc(S(=O)(=O)N2CCC[C@@H](C(=O)NNC(=S)NCC[NH+](C)C)C2)cc1. The molecule has 10 heteroatoms. The molecule has 0 aromatic heterocycles. The standard InChI is InChI=1S/C18H29N5O3S2/c1-14-6-8-16(9-7-14)28(25,26)23-11-4-5-15(13-23)17(24)20-21-18(27)19-10-12-22(2)3/h6-9,15H,4-5,10-13H2,1-3H3,(H,20,24)(H2,19,21,27)/p+1/t15-/m1/s1. The molecule has 1 fully saturated rings. The molecule has 1 aliphatic heterocycles. The normalized spacial score (nSPS) is 17.9. The summed E-state index contributed by atoms with van der Waals surface area (Å²) in [6.45, 7) is 4.07. The Morgan fingerprint density at radius 3 is 2.57 bits per heavy atom. The van der Waals surface area contributed by atoms with Crippen LogP contribution in [0.5, 0.6) is 0 Å². The van der Waals surface area contributed by atoms with Gasteiger partial charge in [0.15, 0.2) is 5.11 Å². The summed E-state index contributed by atoms with van der Waals surface area (Å²) in [5.41, 5.74) is 6.27. The number of thiocarbonyl (C=S) groups is 1. The van der Waals surface area contributed by atoms with Gasteiger partial charge in [-0.2, -0.15) is 4.31 Å². The minimum atomic E-state index is -3.60. The number of amides is 1. The average molecular weight is 429 g/mol. The lowest BCUT2D eigenvalue weighted by molar-refractivity contribution is -0.856. The van der Waals surface area contributed by atoms with E-state index in [4.69, 9.17) is 12.2 Å². The largest absolute Gasteiger partial charge is 0.356 e. The predicted octanol–water partition coefficient (Wildman–Crippen LogP) is -0.964. The molecule has 1 aliphatic rings. The molecule has 1 atom stereocenters. The van der Waals surface area contributed by atoms with Crippen LogP contribution >= 0.6 is 12.2 Å². The molecular weight excluding hydrogens is 398 g/mol. The van der Waals surface area contributed by atoms with E-state index in [1.165, 1.54) is 9.21 Å². The second kappa shape index (κ2) is 10.1. The lowest BCUT2D eigenvalue weighted by Gasteiger charge is -2.31. The number of likely N-dealkylation sites (N-methyl/N-ethyl adjacent to an activating group) is 1. The Labute approximate surface area is 172 Å². The number of benzene rings is 1. The van der Waals surface area contributed by atoms with Crippen molar-refractivity contribution in [2.24, 2.45) is 5.92 Å². The van der Waals surface area contributed by atoms with Gasteiger partial charge in [0.25, 0.3) is 0 Å². The van der Waals surface area contributed by atoms with Crippen molar-refractivity contribution in [3.63, 3.8) is 0 Å². The fourth-order valence-corrected chi connectivity index (χ4v) is 4.60. The van der Waals surface area contributed by atoms with E-state index in [1.807, 2.05) is 21.0 Å². The van der Waals surface area contributed by atoms with E-state index in [2.05, 4.69) is 16.2 Å². The molecule has 4 N–H and O–H groups in total. The number of hydrogen-bond donors (Lipinski definition) is 4. The summed E-state index contributed by atoms with van der Waals surface area (Å²) >= 11 is 5.13. The average Bonchev–Trinajstić information content (AvgIpc) is 2.66. The molecule has 0 aliphatic carbocycles. The lowest BCUT2D eigenvalue weighted by atomic mass is 9.99. The van der Waals surface area contributed by atoms with E-state index >= 15 is 0 Å². The third kappa shape index (κ3) is 6.40. The highest BCUT2D eigenvalue weighted by atomic mass is 32.2. The first kappa shape index (κ1) is 22.5. The maximum absolute atomic E-state index is 12.9. The number of rotatable bonds is 6. The van der Waals surface area contributed by atoms with Crippen molar-refractivity contribution in [3.8, 4) is 0 Å². The van der Waals surface area contributed by atoms with Crippen LogP contribution < -0.4 is 21.1 Å². The second-order valence-electron chi connectivity index (χ2n) is 7.34. The minimum Gasteiger partial charge on any atom is -0.356 e. The molecular formula is C18H30N5O3S2+. The maximum Gasteiger partial charge on any atom is 0.243 e. The van der Waals surface area contributed by atoms with Gasteiger partial charge in [-0.3, -0.25) is 15.6 Å². The van der Waals surface area contributed by atoms with Crippen molar-refractivity contribution in [1.29, 1.82) is 0 Å². The number of quaternary nitrogens is 1. The van der Waals surface area contributed by atoms with Crippen LogP contribution in [0.3, 0.4) is 0 Å². The number of nitrogens with one attached hydrogen (secondary N) is 4. The van der Waals surface area contributed by atoms with Gasteiger partial charge < -0.3 is 10.2 Å². The summed E-state index contributed by atoms with van der Waals surface area (Å²) < 4.78 is 27.1. The smallest absolute Gasteiger partial charge is 0.243 e. The molecule has 1 aromatic rings. The van der Waals surface area contributed by atoms with Crippen molar-refractivity contribution < 1.29 is 18.1 Å². The molecule has 28 heavy (non-hydrogen) atoms. The van der Waals surface area contributed by atoms with E-state index in [-0.39, 0.29) is 17.3 Å². The van der Waals surface area contributed by atoms with E-state index in [9.17, 15) is 13.2 Å². The highest BCUT2D eigenvalue weighted by molar-refractivity contribution is 7.89. The van der Waals surface area contributed by atoms with E-state index < -0.39 is 15.9 Å². The van der Waals surface area contributed by atoms with Gasteiger partial charge in [0.2, 0.25) is 15.9 Å². The Balaban J connectivity index is 1.89. The quantitative estimate of drug-likeness (QED) is 0.344. The Kier molecular flexibility index (Phi) is 8.17. The summed E-state index contributed by atoms with van der Waals surface area (Å²) in [5.74, 6) is -0.679. The number of hydrogen-bond acceptors (Lipinski definition) is 4. The van der Waals surface area contributed by atoms with Crippen molar-refractivity contribution in [3.05, 3.63) is 29.8 Å². The molecule has 1 saturated heterocycles. The van der Waals surface area contributed by atoms with Gasteiger partial charge in [-0.15, -0.1) is 0 Å². The molecule has 0 saturated carbocycles. The van der Waals surface area contributed by atoms with Crippen LogP contribution in [-0.2, 0) is 14.8 Å². The summed E-state index contributed by atoms with van der Waals surface area (Å²) in [5, 5.41) is 3.35. The van der Waals surface area contributed by atoms with Crippen molar-refractivity contribution in [2.75, 3.05) is 40.3 Å². The molecule has 8 nitrogen and oxygen atoms in total. The number of aryl methyl sites for hydroxylation is 1. The summed E-state index contributed by atoms with van der Waals surface area (Å²) in [7, 11) is 0.478. The molecule has 156 valence electrons. The van der Waals surface area contributed by atoms with Gasteiger partial charge in [0.05, 0.1) is 38.0 Å². The first-order valence-corrected chi connectivity index (χ1v) is 11.2. The van der Waals surface area contributed by atoms with Gasteiger partial charge in [-0.05, 0) is 44.1 Å².